The fourth-order valence-corrected chi connectivity index (χ4v) is 1.86. The summed E-state index contributed by atoms with van der Waals surface area (Å²) in [6, 6.07) is 0. The highest BCUT2D eigenvalue weighted by atomic mass is 32.2. The summed E-state index contributed by atoms with van der Waals surface area (Å²) in [5, 5.41) is 0. The van der Waals surface area contributed by atoms with Crippen LogP contribution >= 0.6 is 11.8 Å². The van der Waals surface area contributed by atoms with Crippen molar-refractivity contribution in [2.24, 2.45) is 5.92 Å². The summed E-state index contributed by atoms with van der Waals surface area (Å²) >= 11 is 1.96. The molecule has 0 aliphatic carbocycles. The van der Waals surface area contributed by atoms with Crippen molar-refractivity contribution in [1.82, 2.24) is 4.90 Å². The largest absolute Gasteiger partial charge is 0.306 e. The van der Waals surface area contributed by atoms with E-state index in [0.717, 1.165) is 5.92 Å². The second kappa shape index (κ2) is 3.47. The zero-order chi connectivity index (χ0) is 6.69. The molecule has 0 aromatic carbocycles. The molecule has 0 atom stereocenters. The van der Waals surface area contributed by atoms with Crippen molar-refractivity contribution in [3.63, 3.8) is 0 Å². The Balaban J connectivity index is 1.91. The number of hydrogen-bond acceptors (Lipinski definition) is 2. The minimum Gasteiger partial charge on any atom is -0.306 e. The molecule has 1 aliphatic heterocycles. The van der Waals surface area contributed by atoms with Crippen molar-refractivity contribution < 1.29 is 0 Å². The normalized spacial score (nSPS) is 22.0. The van der Waals surface area contributed by atoms with E-state index in [9.17, 15) is 0 Å². The first kappa shape index (κ1) is 7.42. The first-order valence-electron chi connectivity index (χ1n) is 3.50. The van der Waals surface area contributed by atoms with E-state index < -0.39 is 0 Å². The van der Waals surface area contributed by atoms with Crippen molar-refractivity contribution in [1.29, 1.82) is 0 Å². The topological polar surface area (TPSA) is 3.24 Å². The van der Waals surface area contributed by atoms with Crippen molar-refractivity contribution >= 4 is 11.8 Å². The van der Waals surface area contributed by atoms with Gasteiger partial charge in [-0.1, -0.05) is 0 Å². The third-order valence-electron chi connectivity index (χ3n) is 1.87. The molecule has 1 heterocycles. The Morgan fingerprint density at radius 3 is 2.67 bits per heavy atom. The highest BCUT2D eigenvalue weighted by Crippen LogP contribution is 2.17. The fraction of sp³-hybridized carbons (Fsp3) is 1.00. The molecule has 0 radical (unpaired) electrons. The summed E-state index contributed by atoms with van der Waals surface area (Å²) in [4.78, 5) is 2.38. The summed E-state index contributed by atoms with van der Waals surface area (Å²) in [7, 11) is 2.19. The molecule has 9 heavy (non-hydrogen) atoms. The maximum absolute atomic E-state index is 2.38. The van der Waals surface area contributed by atoms with Gasteiger partial charge in [-0.15, -0.1) is 0 Å². The second-order valence-corrected chi connectivity index (χ2v) is 3.85. The van der Waals surface area contributed by atoms with Crippen LogP contribution in [0.15, 0.2) is 0 Å². The Morgan fingerprint density at radius 1 is 1.56 bits per heavy atom. The van der Waals surface area contributed by atoms with Crippen LogP contribution in [0.5, 0.6) is 0 Å². The Hall–Kier alpha value is 0.310. The van der Waals surface area contributed by atoms with E-state index in [0.29, 0.717) is 0 Å². The minimum atomic E-state index is 1.02. The lowest BCUT2D eigenvalue weighted by molar-refractivity contribution is 0.132. The molecule has 1 fully saturated rings. The van der Waals surface area contributed by atoms with Crippen molar-refractivity contribution in [2.45, 2.75) is 6.42 Å². The van der Waals surface area contributed by atoms with Crippen LogP contribution in [0.25, 0.3) is 0 Å². The van der Waals surface area contributed by atoms with E-state index in [1.54, 1.807) is 0 Å². The van der Waals surface area contributed by atoms with E-state index >= 15 is 0 Å². The number of nitrogens with zero attached hydrogens (tertiary/aromatic N) is 1. The number of thioether (sulfide) groups is 1. The average molecular weight is 145 g/mol. The second-order valence-electron chi connectivity index (χ2n) is 2.87. The van der Waals surface area contributed by atoms with Gasteiger partial charge in [-0.2, -0.15) is 11.8 Å². The minimum absolute atomic E-state index is 1.02. The van der Waals surface area contributed by atoms with Crippen LogP contribution in [-0.2, 0) is 0 Å². The summed E-state index contributed by atoms with van der Waals surface area (Å²) in [5.74, 6) is 2.36. The quantitative estimate of drug-likeness (QED) is 0.589. The maximum Gasteiger partial charge on any atom is 0.00193 e. The average Bonchev–Trinajstić information content (AvgIpc) is 1.78. The summed E-state index contributed by atoms with van der Waals surface area (Å²) in [6.45, 7) is 2.67. The predicted molar refractivity (Wildman–Crippen MR) is 44.0 cm³/mol. The highest BCUT2D eigenvalue weighted by Gasteiger charge is 2.21. The lowest BCUT2D eigenvalue weighted by Crippen LogP contribution is -2.43. The number of hydrogen-bond donors (Lipinski definition) is 0. The van der Waals surface area contributed by atoms with Gasteiger partial charge in [0.15, 0.2) is 0 Å². The molecule has 0 aromatic heterocycles. The number of rotatable bonds is 3. The molecule has 0 aromatic rings. The van der Waals surface area contributed by atoms with Crippen LogP contribution in [0.2, 0.25) is 0 Å². The first-order chi connectivity index (χ1) is 4.33. The zero-order valence-electron chi connectivity index (χ0n) is 6.26. The molecule has 54 valence electrons. The highest BCUT2D eigenvalue weighted by molar-refractivity contribution is 7.98. The van der Waals surface area contributed by atoms with Gasteiger partial charge in [0.05, 0.1) is 0 Å². The third-order valence-corrected chi connectivity index (χ3v) is 2.51. The molecule has 0 amide bonds. The van der Waals surface area contributed by atoms with Gasteiger partial charge in [-0.05, 0) is 31.4 Å². The Bertz CT molecular complexity index is 79.0. The smallest absolute Gasteiger partial charge is 0.00193 e. The SMILES string of the molecule is CSCCC1CN(C)C1. The van der Waals surface area contributed by atoms with Gasteiger partial charge in [-0.3, -0.25) is 0 Å². The Labute approximate surface area is 61.8 Å². The van der Waals surface area contributed by atoms with Gasteiger partial charge in [0.2, 0.25) is 0 Å². The van der Waals surface area contributed by atoms with Crippen LogP contribution in [0.1, 0.15) is 6.42 Å². The van der Waals surface area contributed by atoms with E-state index in [1.165, 1.54) is 25.3 Å². The van der Waals surface area contributed by atoms with E-state index in [1.807, 2.05) is 11.8 Å². The molecule has 2 heteroatoms. The summed E-state index contributed by atoms with van der Waals surface area (Å²) in [6.07, 6.45) is 3.61. The number of likely N-dealkylation sites (tertiary alicyclic amines) is 1. The maximum atomic E-state index is 2.38. The summed E-state index contributed by atoms with van der Waals surface area (Å²) < 4.78 is 0. The van der Waals surface area contributed by atoms with Crippen LogP contribution in [0.4, 0.5) is 0 Å². The van der Waals surface area contributed by atoms with Crippen molar-refractivity contribution in [3.8, 4) is 0 Å². The van der Waals surface area contributed by atoms with Crippen LogP contribution in [0.3, 0.4) is 0 Å². The third kappa shape index (κ3) is 2.18. The Morgan fingerprint density at radius 2 is 2.22 bits per heavy atom. The van der Waals surface area contributed by atoms with Gasteiger partial charge in [-0.25, -0.2) is 0 Å². The molecule has 0 spiro atoms. The summed E-state index contributed by atoms with van der Waals surface area (Å²) in [5.41, 5.74) is 0. The molecule has 0 bridgehead atoms. The van der Waals surface area contributed by atoms with Crippen LogP contribution < -0.4 is 0 Å². The van der Waals surface area contributed by atoms with E-state index in [4.69, 9.17) is 0 Å². The molecular formula is C7H15NS. The van der Waals surface area contributed by atoms with Gasteiger partial charge in [0.1, 0.15) is 0 Å². The predicted octanol–water partition coefficient (Wildman–Crippen LogP) is 1.30. The lowest BCUT2D eigenvalue weighted by Gasteiger charge is -2.36. The molecule has 0 unspecified atom stereocenters. The molecule has 1 aliphatic rings. The van der Waals surface area contributed by atoms with Crippen molar-refractivity contribution in [3.05, 3.63) is 0 Å². The van der Waals surface area contributed by atoms with E-state index in [2.05, 4.69) is 18.2 Å². The van der Waals surface area contributed by atoms with Crippen molar-refractivity contribution in [2.75, 3.05) is 32.1 Å². The van der Waals surface area contributed by atoms with E-state index in [-0.39, 0.29) is 0 Å². The van der Waals surface area contributed by atoms with Gasteiger partial charge < -0.3 is 4.90 Å². The molecule has 1 saturated heterocycles. The Kier molecular flexibility index (Phi) is 2.86. The first-order valence-corrected chi connectivity index (χ1v) is 4.90. The monoisotopic (exact) mass is 145 g/mol. The van der Waals surface area contributed by atoms with Gasteiger partial charge in [0.25, 0.3) is 0 Å². The standard InChI is InChI=1S/C7H15NS/c1-8-5-7(6-8)3-4-9-2/h7H,3-6H2,1-2H3. The molecule has 0 saturated carbocycles. The van der Waals surface area contributed by atoms with Crippen LogP contribution in [0, 0.1) is 5.92 Å². The molecule has 1 rings (SSSR count). The molecule has 1 nitrogen and oxygen atoms in total. The fourth-order valence-electron chi connectivity index (χ4n) is 1.30. The molecular weight excluding hydrogens is 130 g/mol. The zero-order valence-corrected chi connectivity index (χ0v) is 7.08. The van der Waals surface area contributed by atoms with Crippen LogP contribution in [-0.4, -0.2) is 37.0 Å². The van der Waals surface area contributed by atoms with Gasteiger partial charge in [0, 0.05) is 13.1 Å². The van der Waals surface area contributed by atoms with Gasteiger partial charge >= 0.3 is 0 Å². The molecule has 0 N–H and O–H groups in total. The lowest BCUT2D eigenvalue weighted by atomic mass is 9.99.